The summed E-state index contributed by atoms with van der Waals surface area (Å²) in [6.07, 6.45) is 0.688. The van der Waals surface area contributed by atoms with E-state index in [1.165, 1.54) is 25.2 Å². The van der Waals surface area contributed by atoms with Gasteiger partial charge in [0.15, 0.2) is 0 Å². The van der Waals surface area contributed by atoms with E-state index in [9.17, 15) is 18.0 Å². The molecule has 0 bridgehead atoms. The second kappa shape index (κ2) is 9.18. The molecule has 0 spiro atoms. The SMILES string of the molecule is CCc1cccc(N2C(=O)N(Cc3cc(C(=O)OC)ccc3OC)c3ccccc3S2(=O)=O)c1. The number of rotatable bonds is 6. The number of ether oxygens (including phenoxy) is 2. The highest BCUT2D eigenvalue weighted by Crippen LogP contribution is 2.39. The number of benzene rings is 3. The highest BCUT2D eigenvalue weighted by Gasteiger charge is 2.42. The molecule has 0 N–H and O–H groups in total. The largest absolute Gasteiger partial charge is 0.496 e. The van der Waals surface area contributed by atoms with E-state index in [0.29, 0.717) is 17.7 Å². The standard InChI is InChI=1S/C25H24N2O6S/c1-4-17-8-7-9-20(14-17)27-25(29)26(21-10-5-6-11-23(21)34(27,30)31)16-19-15-18(24(28)33-3)12-13-22(19)32-2/h5-15H,4,16H2,1-3H3. The minimum absolute atomic E-state index is 0.0135. The average molecular weight is 481 g/mol. The first-order chi connectivity index (χ1) is 16.3. The Labute approximate surface area is 198 Å². The predicted octanol–water partition coefficient (Wildman–Crippen LogP) is 4.38. The lowest BCUT2D eigenvalue weighted by atomic mass is 10.1. The number of urea groups is 1. The minimum atomic E-state index is -4.14. The molecule has 8 nitrogen and oxygen atoms in total. The van der Waals surface area contributed by atoms with Crippen molar-refractivity contribution in [2.24, 2.45) is 0 Å². The van der Waals surface area contributed by atoms with E-state index in [-0.39, 0.29) is 28.4 Å². The number of nitrogens with zero attached hydrogens (tertiary/aromatic N) is 2. The lowest BCUT2D eigenvalue weighted by Crippen LogP contribution is -2.50. The fraction of sp³-hybridized carbons (Fsp3) is 0.200. The molecule has 0 saturated carbocycles. The number of hydrogen-bond acceptors (Lipinski definition) is 6. The summed E-state index contributed by atoms with van der Waals surface area (Å²) >= 11 is 0. The van der Waals surface area contributed by atoms with Crippen molar-refractivity contribution in [2.45, 2.75) is 24.8 Å². The molecule has 34 heavy (non-hydrogen) atoms. The van der Waals surface area contributed by atoms with Gasteiger partial charge < -0.3 is 9.47 Å². The van der Waals surface area contributed by atoms with E-state index in [1.54, 1.807) is 54.6 Å². The van der Waals surface area contributed by atoms with Crippen LogP contribution in [0.3, 0.4) is 0 Å². The topological polar surface area (TPSA) is 93.2 Å². The van der Waals surface area contributed by atoms with Crippen LogP contribution in [0.25, 0.3) is 0 Å². The maximum atomic E-state index is 13.7. The number of hydrogen-bond donors (Lipinski definition) is 0. The van der Waals surface area contributed by atoms with Gasteiger partial charge in [-0.15, -0.1) is 0 Å². The normalized spacial score (nSPS) is 14.5. The van der Waals surface area contributed by atoms with E-state index >= 15 is 0 Å². The van der Waals surface area contributed by atoms with E-state index in [4.69, 9.17) is 9.47 Å². The predicted molar refractivity (Wildman–Crippen MR) is 128 cm³/mol. The molecular formula is C25H24N2O6S. The Morgan fingerprint density at radius 3 is 2.44 bits per heavy atom. The molecule has 0 aliphatic carbocycles. The van der Waals surface area contributed by atoms with Gasteiger partial charge in [-0.3, -0.25) is 4.90 Å². The van der Waals surface area contributed by atoms with Crippen molar-refractivity contribution >= 4 is 33.4 Å². The van der Waals surface area contributed by atoms with Crippen molar-refractivity contribution in [3.63, 3.8) is 0 Å². The molecule has 0 radical (unpaired) electrons. The Kier molecular flexibility index (Phi) is 6.30. The van der Waals surface area contributed by atoms with Crippen molar-refractivity contribution in [1.82, 2.24) is 0 Å². The quantitative estimate of drug-likeness (QED) is 0.486. The van der Waals surface area contributed by atoms with Crippen molar-refractivity contribution < 1.29 is 27.5 Å². The molecule has 0 atom stereocenters. The second-order valence-electron chi connectivity index (χ2n) is 7.65. The number of para-hydroxylation sites is 1. The molecule has 1 heterocycles. The smallest absolute Gasteiger partial charge is 0.343 e. The fourth-order valence-corrected chi connectivity index (χ4v) is 5.52. The third-order valence-electron chi connectivity index (χ3n) is 5.66. The van der Waals surface area contributed by atoms with Crippen molar-refractivity contribution in [2.75, 3.05) is 23.4 Å². The van der Waals surface area contributed by atoms with Crippen LogP contribution in [0.15, 0.2) is 71.6 Å². The average Bonchev–Trinajstić information content (AvgIpc) is 2.86. The van der Waals surface area contributed by atoms with Gasteiger partial charge >= 0.3 is 12.0 Å². The van der Waals surface area contributed by atoms with Crippen molar-refractivity contribution in [1.29, 1.82) is 0 Å². The fourth-order valence-electron chi connectivity index (χ4n) is 3.93. The lowest BCUT2D eigenvalue weighted by molar-refractivity contribution is 0.0600. The van der Waals surface area contributed by atoms with E-state index in [2.05, 4.69) is 0 Å². The van der Waals surface area contributed by atoms with Crippen LogP contribution in [0.4, 0.5) is 16.2 Å². The van der Waals surface area contributed by atoms with Crippen LogP contribution in [0.1, 0.15) is 28.4 Å². The summed E-state index contributed by atoms with van der Waals surface area (Å²) < 4.78 is 38.1. The number of carbonyl (C=O) groups excluding carboxylic acids is 2. The van der Waals surface area contributed by atoms with Gasteiger partial charge in [0.05, 0.1) is 37.7 Å². The van der Waals surface area contributed by atoms with Crippen LogP contribution in [0.2, 0.25) is 0 Å². The summed E-state index contributed by atoms with van der Waals surface area (Å²) in [6, 6.07) is 17.3. The van der Waals surface area contributed by atoms with Crippen LogP contribution in [0.5, 0.6) is 5.75 Å². The van der Waals surface area contributed by atoms with Crippen LogP contribution >= 0.6 is 0 Å². The molecule has 176 valence electrons. The second-order valence-corrected chi connectivity index (χ2v) is 9.40. The van der Waals surface area contributed by atoms with E-state index in [1.807, 2.05) is 13.0 Å². The highest BCUT2D eigenvalue weighted by molar-refractivity contribution is 7.94. The number of sulfonamides is 1. The number of anilines is 2. The van der Waals surface area contributed by atoms with Gasteiger partial charge in [0.1, 0.15) is 10.6 Å². The molecule has 2 amide bonds. The summed E-state index contributed by atoms with van der Waals surface area (Å²) in [5.41, 5.74) is 2.23. The molecule has 0 saturated heterocycles. The van der Waals surface area contributed by atoms with Gasteiger partial charge in [-0.25, -0.2) is 18.0 Å². The van der Waals surface area contributed by atoms with Gasteiger partial charge in [-0.1, -0.05) is 31.2 Å². The van der Waals surface area contributed by atoms with Crippen molar-refractivity contribution in [3.05, 3.63) is 83.4 Å². The summed E-state index contributed by atoms with van der Waals surface area (Å²) in [4.78, 5) is 27.2. The van der Waals surface area contributed by atoms with Gasteiger partial charge in [-0.2, -0.15) is 4.31 Å². The number of esters is 1. The minimum Gasteiger partial charge on any atom is -0.496 e. The molecule has 1 aliphatic rings. The molecule has 0 aromatic heterocycles. The zero-order valence-corrected chi connectivity index (χ0v) is 19.8. The molecule has 3 aromatic carbocycles. The maximum absolute atomic E-state index is 13.7. The Bertz CT molecular complexity index is 1370. The third-order valence-corrected chi connectivity index (χ3v) is 7.41. The van der Waals surface area contributed by atoms with Crippen LogP contribution in [0, 0.1) is 0 Å². The molecule has 0 fully saturated rings. The number of fused-ring (bicyclic) bond motifs is 1. The Hall–Kier alpha value is -3.85. The monoisotopic (exact) mass is 480 g/mol. The van der Waals surface area contributed by atoms with Crippen molar-refractivity contribution in [3.8, 4) is 5.75 Å². The number of carbonyl (C=O) groups is 2. The summed E-state index contributed by atoms with van der Waals surface area (Å²) in [5, 5.41) is 0. The summed E-state index contributed by atoms with van der Waals surface area (Å²) in [7, 11) is -1.38. The molecular weight excluding hydrogens is 456 g/mol. The first kappa shape index (κ1) is 23.3. The third kappa shape index (κ3) is 3.99. The first-order valence-corrected chi connectivity index (χ1v) is 12.1. The molecule has 4 rings (SSSR count). The first-order valence-electron chi connectivity index (χ1n) is 10.6. The number of methoxy groups -OCH3 is 2. The highest BCUT2D eigenvalue weighted by atomic mass is 32.2. The molecule has 0 unspecified atom stereocenters. The zero-order valence-electron chi connectivity index (χ0n) is 19.0. The molecule has 1 aliphatic heterocycles. The summed E-state index contributed by atoms with van der Waals surface area (Å²) in [6.45, 7) is 1.93. The lowest BCUT2D eigenvalue weighted by Gasteiger charge is -2.36. The summed E-state index contributed by atoms with van der Waals surface area (Å²) in [5.74, 6) is -0.0826. The van der Waals surface area contributed by atoms with Crippen LogP contribution < -0.4 is 13.9 Å². The van der Waals surface area contributed by atoms with Crippen LogP contribution in [-0.2, 0) is 27.7 Å². The number of amides is 2. The Morgan fingerprint density at radius 1 is 0.971 bits per heavy atom. The van der Waals surface area contributed by atoms with Gasteiger partial charge in [-0.05, 0) is 54.4 Å². The maximum Gasteiger partial charge on any atom is 0.343 e. The van der Waals surface area contributed by atoms with Gasteiger partial charge in [0.2, 0.25) is 0 Å². The van der Waals surface area contributed by atoms with E-state index < -0.39 is 22.0 Å². The van der Waals surface area contributed by atoms with E-state index in [0.717, 1.165) is 9.87 Å². The number of aryl methyl sites for hydroxylation is 1. The van der Waals surface area contributed by atoms with Gasteiger partial charge in [0, 0.05) is 5.56 Å². The Morgan fingerprint density at radius 2 is 1.74 bits per heavy atom. The van der Waals surface area contributed by atoms with Gasteiger partial charge in [0.25, 0.3) is 10.0 Å². The molecule has 3 aromatic rings. The molecule has 9 heteroatoms. The Balaban J connectivity index is 1.86. The zero-order chi connectivity index (χ0) is 24.5. The van der Waals surface area contributed by atoms with Crippen LogP contribution in [-0.4, -0.2) is 34.6 Å².